The Morgan fingerprint density at radius 2 is 1.63 bits per heavy atom. The van der Waals surface area contributed by atoms with Crippen LogP contribution in [0.15, 0.2) is 4.99 Å². The Labute approximate surface area is 135 Å². The third-order valence-electron chi connectivity index (χ3n) is 4.24. The Morgan fingerprint density at radius 1 is 1.00 bits per heavy atom. The molecule has 4 heteroatoms. The summed E-state index contributed by atoms with van der Waals surface area (Å²) in [6.45, 7) is 7.58. The maximum Gasteiger partial charge on any atom is 0.191 e. The molecule has 0 unspecified atom stereocenters. The minimum atomic E-state index is 0. The summed E-state index contributed by atoms with van der Waals surface area (Å²) >= 11 is 0. The molecule has 0 amide bonds. The minimum absolute atomic E-state index is 0. The van der Waals surface area contributed by atoms with Crippen molar-refractivity contribution in [2.75, 3.05) is 19.6 Å². The van der Waals surface area contributed by atoms with Gasteiger partial charge in [-0.1, -0.05) is 19.8 Å². The van der Waals surface area contributed by atoms with Crippen molar-refractivity contribution in [2.45, 2.75) is 52.4 Å². The number of guanidine groups is 1. The quantitative estimate of drug-likeness (QED) is 0.437. The van der Waals surface area contributed by atoms with Crippen LogP contribution in [0.5, 0.6) is 0 Å². The zero-order chi connectivity index (χ0) is 12.8. The van der Waals surface area contributed by atoms with Crippen LogP contribution in [0.2, 0.25) is 0 Å². The molecule has 0 atom stereocenters. The second-order valence-corrected chi connectivity index (χ2v) is 6.17. The van der Waals surface area contributed by atoms with Crippen LogP contribution in [0.4, 0.5) is 0 Å². The van der Waals surface area contributed by atoms with E-state index in [-0.39, 0.29) is 24.0 Å². The van der Waals surface area contributed by atoms with Gasteiger partial charge in [0.25, 0.3) is 0 Å². The molecule has 19 heavy (non-hydrogen) atoms. The molecule has 3 nitrogen and oxygen atoms in total. The largest absolute Gasteiger partial charge is 0.357 e. The average Bonchev–Trinajstić information content (AvgIpc) is 3.19. The van der Waals surface area contributed by atoms with Gasteiger partial charge >= 0.3 is 0 Å². The zero-order valence-corrected chi connectivity index (χ0v) is 14.8. The predicted octanol–water partition coefficient (Wildman–Crippen LogP) is 3.40. The van der Waals surface area contributed by atoms with Gasteiger partial charge in [0, 0.05) is 19.6 Å². The van der Waals surface area contributed by atoms with Crippen LogP contribution in [0, 0.1) is 17.8 Å². The summed E-state index contributed by atoms with van der Waals surface area (Å²) in [4.78, 5) is 4.67. The average molecular weight is 379 g/mol. The van der Waals surface area contributed by atoms with E-state index in [9.17, 15) is 0 Å². The monoisotopic (exact) mass is 379 g/mol. The van der Waals surface area contributed by atoms with Gasteiger partial charge in [-0.2, -0.15) is 0 Å². The van der Waals surface area contributed by atoms with Crippen molar-refractivity contribution in [3.05, 3.63) is 0 Å². The molecule has 0 aromatic heterocycles. The number of hydrogen-bond acceptors (Lipinski definition) is 1. The SMILES string of the molecule is CCNC(=NCC1CC1)NCC1CCC(C)CC1.I. The minimum Gasteiger partial charge on any atom is -0.357 e. The highest BCUT2D eigenvalue weighted by Gasteiger charge is 2.21. The van der Waals surface area contributed by atoms with Gasteiger partial charge in [-0.15, -0.1) is 24.0 Å². The first-order chi connectivity index (χ1) is 8.78. The Balaban J connectivity index is 0.00000180. The lowest BCUT2D eigenvalue weighted by atomic mass is 9.83. The molecule has 0 heterocycles. The molecule has 112 valence electrons. The first-order valence-electron chi connectivity index (χ1n) is 7.80. The highest BCUT2D eigenvalue weighted by atomic mass is 127. The van der Waals surface area contributed by atoms with Crippen molar-refractivity contribution in [2.24, 2.45) is 22.7 Å². The maximum atomic E-state index is 4.67. The van der Waals surface area contributed by atoms with Crippen LogP contribution in [-0.2, 0) is 0 Å². The van der Waals surface area contributed by atoms with Gasteiger partial charge in [-0.25, -0.2) is 0 Å². The van der Waals surface area contributed by atoms with E-state index >= 15 is 0 Å². The molecule has 0 aliphatic heterocycles. The number of halogens is 1. The van der Waals surface area contributed by atoms with E-state index in [1.165, 1.54) is 38.5 Å². The molecule has 0 bridgehead atoms. The number of aliphatic imine (C=N–C) groups is 1. The highest BCUT2D eigenvalue weighted by molar-refractivity contribution is 14.0. The first-order valence-corrected chi connectivity index (χ1v) is 7.80. The van der Waals surface area contributed by atoms with Gasteiger partial charge in [0.1, 0.15) is 0 Å². The summed E-state index contributed by atoms with van der Waals surface area (Å²) < 4.78 is 0. The Morgan fingerprint density at radius 3 is 2.21 bits per heavy atom. The Hall–Kier alpha value is 0. The number of nitrogens with zero attached hydrogens (tertiary/aromatic N) is 1. The molecule has 0 aromatic rings. The van der Waals surface area contributed by atoms with Crippen LogP contribution in [0.3, 0.4) is 0 Å². The van der Waals surface area contributed by atoms with Crippen LogP contribution >= 0.6 is 24.0 Å². The highest BCUT2D eigenvalue weighted by Crippen LogP contribution is 2.29. The Kier molecular flexibility index (Phi) is 8.11. The van der Waals surface area contributed by atoms with Crippen molar-refractivity contribution >= 4 is 29.9 Å². The lowest BCUT2D eigenvalue weighted by Crippen LogP contribution is -2.40. The molecule has 0 radical (unpaired) electrons. The predicted molar refractivity (Wildman–Crippen MR) is 93.2 cm³/mol. The fourth-order valence-corrected chi connectivity index (χ4v) is 2.64. The third kappa shape index (κ3) is 6.82. The van der Waals surface area contributed by atoms with Gasteiger partial charge in [0.2, 0.25) is 0 Å². The van der Waals surface area contributed by atoms with Crippen LogP contribution in [0.1, 0.15) is 52.4 Å². The van der Waals surface area contributed by atoms with Crippen molar-refractivity contribution in [3.63, 3.8) is 0 Å². The summed E-state index contributed by atoms with van der Waals surface area (Å²) in [6.07, 6.45) is 8.34. The fourth-order valence-electron chi connectivity index (χ4n) is 2.64. The first kappa shape index (κ1) is 17.1. The van der Waals surface area contributed by atoms with E-state index in [0.717, 1.165) is 43.3 Å². The van der Waals surface area contributed by atoms with Gasteiger partial charge in [-0.05, 0) is 50.4 Å². The summed E-state index contributed by atoms with van der Waals surface area (Å²) in [7, 11) is 0. The standard InChI is InChI=1S/C15H29N3.HI/c1-3-16-15(18-11-14-8-9-14)17-10-13-6-4-12(2)5-7-13;/h12-14H,3-11H2,1-2H3,(H2,16,17,18);1H. The molecule has 0 saturated heterocycles. The molecule has 2 fully saturated rings. The summed E-state index contributed by atoms with van der Waals surface area (Å²) in [5, 5.41) is 6.88. The van der Waals surface area contributed by atoms with Crippen molar-refractivity contribution in [1.29, 1.82) is 0 Å². The van der Waals surface area contributed by atoms with Crippen molar-refractivity contribution in [1.82, 2.24) is 10.6 Å². The van der Waals surface area contributed by atoms with Crippen LogP contribution < -0.4 is 10.6 Å². The van der Waals surface area contributed by atoms with Gasteiger partial charge in [0.15, 0.2) is 5.96 Å². The number of hydrogen-bond donors (Lipinski definition) is 2. The topological polar surface area (TPSA) is 36.4 Å². The molecule has 0 aromatic carbocycles. The van der Waals surface area contributed by atoms with Gasteiger partial charge in [-0.3, -0.25) is 4.99 Å². The maximum absolute atomic E-state index is 4.67. The molecule has 2 N–H and O–H groups in total. The van der Waals surface area contributed by atoms with Crippen molar-refractivity contribution in [3.8, 4) is 0 Å². The second-order valence-electron chi connectivity index (χ2n) is 6.17. The molecule has 2 rings (SSSR count). The van der Waals surface area contributed by atoms with E-state index in [1.807, 2.05) is 0 Å². The summed E-state index contributed by atoms with van der Waals surface area (Å²) in [5.74, 6) is 3.70. The summed E-state index contributed by atoms with van der Waals surface area (Å²) in [5.41, 5.74) is 0. The second kappa shape index (κ2) is 9.03. The third-order valence-corrected chi connectivity index (χ3v) is 4.24. The normalized spacial score (nSPS) is 27.6. The fraction of sp³-hybridized carbons (Fsp3) is 0.933. The lowest BCUT2D eigenvalue weighted by Gasteiger charge is -2.26. The smallest absolute Gasteiger partial charge is 0.191 e. The molecular formula is C15H30IN3. The molecule has 2 aliphatic rings. The van der Waals surface area contributed by atoms with E-state index in [2.05, 4.69) is 29.5 Å². The van der Waals surface area contributed by atoms with Gasteiger partial charge in [0.05, 0.1) is 0 Å². The van der Waals surface area contributed by atoms with E-state index in [0.29, 0.717) is 0 Å². The number of nitrogens with one attached hydrogen (secondary N) is 2. The molecule has 2 aliphatic carbocycles. The summed E-state index contributed by atoms with van der Waals surface area (Å²) in [6, 6.07) is 0. The molecular weight excluding hydrogens is 349 g/mol. The molecule has 2 saturated carbocycles. The lowest BCUT2D eigenvalue weighted by molar-refractivity contribution is 0.289. The van der Waals surface area contributed by atoms with Crippen molar-refractivity contribution < 1.29 is 0 Å². The van der Waals surface area contributed by atoms with E-state index in [4.69, 9.17) is 0 Å². The van der Waals surface area contributed by atoms with E-state index in [1.54, 1.807) is 0 Å². The van der Waals surface area contributed by atoms with E-state index < -0.39 is 0 Å². The zero-order valence-electron chi connectivity index (χ0n) is 12.5. The number of rotatable bonds is 5. The Bertz CT molecular complexity index is 269. The van der Waals surface area contributed by atoms with Gasteiger partial charge < -0.3 is 10.6 Å². The van der Waals surface area contributed by atoms with Crippen LogP contribution in [0.25, 0.3) is 0 Å². The molecule has 0 spiro atoms. The van der Waals surface area contributed by atoms with Crippen LogP contribution in [-0.4, -0.2) is 25.6 Å².